The van der Waals surface area contributed by atoms with Crippen LogP contribution < -0.4 is 31.1 Å². The number of rotatable bonds is 4. The molecule has 2 aliphatic heterocycles. The van der Waals surface area contributed by atoms with Crippen LogP contribution in [0.5, 0.6) is 0 Å². The van der Waals surface area contributed by atoms with Gasteiger partial charge in [-0.1, -0.05) is 0 Å². The summed E-state index contributed by atoms with van der Waals surface area (Å²) < 4.78 is 3.34. The molecule has 38 heavy (non-hydrogen) atoms. The fourth-order valence-electron chi connectivity index (χ4n) is 4.63. The van der Waals surface area contributed by atoms with Crippen molar-refractivity contribution in [2.75, 3.05) is 83.4 Å². The summed E-state index contributed by atoms with van der Waals surface area (Å²) in [5.74, 6) is 2.34. The lowest BCUT2D eigenvalue weighted by Crippen LogP contribution is -2.47. The van der Waals surface area contributed by atoms with Gasteiger partial charge in [-0.25, -0.2) is 9.36 Å². The molecule has 6 rings (SSSR count). The molecule has 0 unspecified atom stereocenters. The number of nitrogens with zero attached hydrogens (tertiary/aromatic N) is 12. The van der Waals surface area contributed by atoms with Gasteiger partial charge >= 0.3 is 0 Å². The molecular formula is C24H34N14. The first-order valence-corrected chi connectivity index (χ1v) is 12.6. The number of piperazine rings is 2. The molecule has 4 N–H and O–H groups in total. The van der Waals surface area contributed by atoms with Crippen LogP contribution in [0.3, 0.4) is 0 Å². The Labute approximate surface area is 221 Å². The lowest BCUT2D eigenvalue weighted by Gasteiger charge is -2.36. The minimum atomic E-state index is 0.328. The summed E-state index contributed by atoms with van der Waals surface area (Å²) in [6.45, 7) is 7.41. The van der Waals surface area contributed by atoms with E-state index in [1.165, 1.54) is 11.4 Å². The molecule has 0 aromatic carbocycles. The maximum Gasteiger partial charge on any atom is 0.246 e. The van der Waals surface area contributed by atoms with Crippen molar-refractivity contribution in [3.05, 3.63) is 49.1 Å². The molecule has 4 aromatic rings. The lowest BCUT2D eigenvalue weighted by molar-refractivity contribution is 0.619. The molecule has 2 saturated heterocycles. The Kier molecular flexibility index (Phi) is 7.38. The van der Waals surface area contributed by atoms with Crippen LogP contribution in [-0.4, -0.2) is 91.9 Å². The van der Waals surface area contributed by atoms with E-state index in [0.29, 0.717) is 11.9 Å². The van der Waals surface area contributed by atoms with Crippen molar-refractivity contribution in [2.24, 2.45) is 14.1 Å². The first-order valence-electron chi connectivity index (χ1n) is 12.6. The van der Waals surface area contributed by atoms with Crippen molar-refractivity contribution < 1.29 is 0 Å². The Balaban J connectivity index is 0.000000155. The molecular weight excluding hydrogens is 484 g/mol. The monoisotopic (exact) mass is 518 g/mol. The average Bonchev–Trinajstić information content (AvgIpc) is 3.49. The van der Waals surface area contributed by atoms with E-state index in [0.717, 1.165) is 64.3 Å². The van der Waals surface area contributed by atoms with E-state index < -0.39 is 0 Å². The molecule has 0 spiro atoms. The lowest BCUT2D eigenvalue weighted by atomic mass is 10.3. The predicted octanol–water partition coefficient (Wildman–Crippen LogP) is 0.238. The quantitative estimate of drug-likeness (QED) is 0.380. The third-order valence-corrected chi connectivity index (χ3v) is 6.72. The fraction of sp³-hybridized carbons (Fsp3) is 0.417. The van der Waals surface area contributed by atoms with Gasteiger partial charge in [0.2, 0.25) is 23.8 Å². The SMILES string of the molecule is Cn1nc(N)nc1N1CCN(c2ccncc2)CC1.Cn1nc(N2CCN(c3ccncc3)CC2)nc1N. The summed E-state index contributed by atoms with van der Waals surface area (Å²) in [6, 6.07) is 8.14. The zero-order chi connectivity index (χ0) is 26.5. The maximum absolute atomic E-state index is 5.71. The molecule has 14 nitrogen and oxygen atoms in total. The van der Waals surface area contributed by atoms with Crippen LogP contribution in [0.4, 0.5) is 35.2 Å². The second kappa shape index (κ2) is 11.2. The van der Waals surface area contributed by atoms with E-state index in [4.69, 9.17) is 11.5 Å². The fourth-order valence-corrected chi connectivity index (χ4v) is 4.63. The highest BCUT2D eigenvalue weighted by Crippen LogP contribution is 2.19. The third-order valence-electron chi connectivity index (χ3n) is 6.72. The Morgan fingerprint density at radius 2 is 1.05 bits per heavy atom. The van der Waals surface area contributed by atoms with E-state index in [1.54, 1.807) is 16.4 Å². The summed E-state index contributed by atoms with van der Waals surface area (Å²) in [5.41, 5.74) is 13.8. The zero-order valence-electron chi connectivity index (χ0n) is 21.8. The first kappa shape index (κ1) is 25.0. The molecule has 0 atom stereocenters. The van der Waals surface area contributed by atoms with Crippen LogP contribution in [0.1, 0.15) is 0 Å². The summed E-state index contributed by atoms with van der Waals surface area (Å²) in [4.78, 5) is 25.7. The standard InChI is InChI=1S/2C12H17N7/c1-17-11(13)15-12(16-17)19-8-6-18(7-9-19)10-2-4-14-5-3-10;1-17-12(15-11(13)16-17)19-8-6-18(7-9-19)10-2-4-14-5-3-10/h2-5H,6-9H2,1H3,(H2,13,15,16);2-5H,6-9H2,1H3,(H2,13,16). The molecule has 0 aliphatic carbocycles. The van der Waals surface area contributed by atoms with Crippen LogP contribution >= 0.6 is 0 Å². The van der Waals surface area contributed by atoms with E-state index in [-0.39, 0.29) is 0 Å². The molecule has 0 saturated carbocycles. The van der Waals surface area contributed by atoms with E-state index in [2.05, 4.69) is 49.7 Å². The predicted molar refractivity (Wildman–Crippen MR) is 148 cm³/mol. The number of hydrogen-bond donors (Lipinski definition) is 2. The van der Waals surface area contributed by atoms with Gasteiger partial charge in [-0.15, -0.1) is 10.2 Å². The van der Waals surface area contributed by atoms with Gasteiger partial charge in [-0.2, -0.15) is 9.97 Å². The molecule has 4 aromatic heterocycles. The summed E-state index contributed by atoms with van der Waals surface area (Å²) in [7, 11) is 3.67. The van der Waals surface area contributed by atoms with Crippen molar-refractivity contribution in [3.8, 4) is 0 Å². The largest absolute Gasteiger partial charge is 0.368 e. The van der Waals surface area contributed by atoms with Crippen LogP contribution in [0.15, 0.2) is 49.1 Å². The van der Waals surface area contributed by atoms with Gasteiger partial charge in [-0.05, 0) is 24.3 Å². The number of nitrogen functional groups attached to an aromatic ring is 2. The van der Waals surface area contributed by atoms with E-state index >= 15 is 0 Å². The van der Waals surface area contributed by atoms with Gasteiger partial charge < -0.3 is 31.1 Å². The minimum Gasteiger partial charge on any atom is -0.368 e. The Morgan fingerprint density at radius 1 is 0.579 bits per heavy atom. The van der Waals surface area contributed by atoms with Gasteiger partial charge in [0, 0.05) is 103 Å². The maximum atomic E-state index is 5.71. The number of aryl methyl sites for hydroxylation is 2. The van der Waals surface area contributed by atoms with Crippen molar-refractivity contribution in [1.82, 2.24) is 39.5 Å². The first-order chi connectivity index (χ1) is 18.5. The van der Waals surface area contributed by atoms with Crippen molar-refractivity contribution in [3.63, 3.8) is 0 Å². The average molecular weight is 519 g/mol. The van der Waals surface area contributed by atoms with Gasteiger partial charge in [0.1, 0.15) is 0 Å². The zero-order valence-corrected chi connectivity index (χ0v) is 21.8. The molecule has 14 heteroatoms. The molecule has 6 heterocycles. The van der Waals surface area contributed by atoms with Gasteiger partial charge in [0.05, 0.1) is 0 Å². The van der Waals surface area contributed by atoms with Gasteiger partial charge in [0.25, 0.3) is 0 Å². The van der Waals surface area contributed by atoms with Crippen LogP contribution in [0, 0.1) is 0 Å². The van der Waals surface area contributed by atoms with E-state index in [9.17, 15) is 0 Å². The normalized spacial score (nSPS) is 15.8. The second-order valence-electron chi connectivity index (χ2n) is 9.15. The number of aromatic nitrogens is 8. The second-order valence-corrected chi connectivity index (χ2v) is 9.15. The van der Waals surface area contributed by atoms with Crippen LogP contribution in [0.25, 0.3) is 0 Å². The van der Waals surface area contributed by atoms with Crippen molar-refractivity contribution in [2.45, 2.75) is 0 Å². The number of nitrogens with two attached hydrogens (primary N) is 2. The van der Waals surface area contributed by atoms with Crippen molar-refractivity contribution in [1.29, 1.82) is 0 Å². The highest BCUT2D eigenvalue weighted by molar-refractivity contribution is 5.48. The minimum absolute atomic E-state index is 0.328. The van der Waals surface area contributed by atoms with Crippen LogP contribution in [0.2, 0.25) is 0 Å². The number of anilines is 6. The summed E-state index contributed by atoms with van der Waals surface area (Å²) in [6.07, 6.45) is 7.29. The smallest absolute Gasteiger partial charge is 0.246 e. The van der Waals surface area contributed by atoms with Gasteiger partial charge in [0.15, 0.2) is 0 Å². The number of hydrogen-bond acceptors (Lipinski definition) is 12. The molecule has 200 valence electrons. The highest BCUT2D eigenvalue weighted by Gasteiger charge is 2.22. The topological polar surface area (TPSA) is 152 Å². The molecule has 0 bridgehead atoms. The molecule has 0 amide bonds. The van der Waals surface area contributed by atoms with E-state index in [1.807, 2.05) is 56.1 Å². The van der Waals surface area contributed by atoms with Crippen LogP contribution in [-0.2, 0) is 14.1 Å². The Morgan fingerprint density at radius 3 is 1.47 bits per heavy atom. The molecule has 0 radical (unpaired) electrons. The Bertz CT molecular complexity index is 1270. The van der Waals surface area contributed by atoms with Crippen molar-refractivity contribution >= 4 is 35.2 Å². The third kappa shape index (κ3) is 5.68. The highest BCUT2D eigenvalue weighted by atomic mass is 15.5. The Hall–Kier alpha value is -4.62. The summed E-state index contributed by atoms with van der Waals surface area (Å²) in [5, 5.41) is 8.39. The molecule has 2 aliphatic rings. The summed E-state index contributed by atoms with van der Waals surface area (Å²) >= 11 is 0. The number of pyridine rings is 2. The van der Waals surface area contributed by atoms with Gasteiger partial charge in [-0.3, -0.25) is 9.97 Å². The molecule has 2 fully saturated rings.